The summed E-state index contributed by atoms with van der Waals surface area (Å²) in [5.41, 5.74) is 0.338. The Kier molecular flexibility index (Phi) is 5.97. The summed E-state index contributed by atoms with van der Waals surface area (Å²) in [4.78, 5) is 24.0. The predicted molar refractivity (Wildman–Crippen MR) is 98.2 cm³/mol. The number of hydrogen-bond donors (Lipinski definition) is 2. The third kappa shape index (κ3) is 5.26. The molecule has 0 heterocycles. The maximum Gasteiger partial charge on any atom is 0.229 e. The minimum atomic E-state index is -0.779. The van der Waals surface area contributed by atoms with Crippen molar-refractivity contribution >= 4 is 34.8 Å². The highest BCUT2D eigenvalue weighted by atomic mass is 35.5. The predicted octanol–water partition coefficient (Wildman–Crippen LogP) is 4.78. The first kappa shape index (κ1) is 19.8. The number of amides is 2. The summed E-state index contributed by atoms with van der Waals surface area (Å²) >= 11 is 6.14. The fraction of sp³-hybridized carbons (Fsp3) is 0.263. The molecule has 2 rings (SSSR count). The zero-order chi connectivity index (χ0) is 19.5. The Hall–Kier alpha value is -2.47. The maximum absolute atomic E-state index is 13.6. The molecule has 0 fully saturated rings. The van der Waals surface area contributed by atoms with Gasteiger partial charge < -0.3 is 10.6 Å². The largest absolute Gasteiger partial charge is 0.326 e. The second-order valence-corrected chi connectivity index (χ2v) is 7.27. The molecule has 0 atom stereocenters. The van der Waals surface area contributed by atoms with E-state index in [-0.39, 0.29) is 22.9 Å². The van der Waals surface area contributed by atoms with Crippen molar-refractivity contribution in [1.82, 2.24) is 0 Å². The van der Waals surface area contributed by atoms with Crippen molar-refractivity contribution in [2.45, 2.75) is 27.2 Å². The van der Waals surface area contributed by atoms with E-state index in [0.29, 0.717) is 11.4 Å². The maximum atomic E-state index is 13.6. The summed E-state index contributed by atoms with van der Waals surface area (Å²) in [7, 11) is 0. The van der Waals surface area contributed by atoms with Gasteiger partial charge in [0, 0.05) is 17.2 Å². The molecule has 2 aromatic rings. The molecule has 0 bridgehead atoms. The molecular weight excluding hydrogens is 362 g/mol. The summed E-state index contributed by atoms with van der Waals surface area (Å²) in [6.07, 6.45) is -0.244. The molecule has 2 amide bonds. The number of carbonyl (C=O) groups is 2. The Morgan fingerprint density at radius 3 is 2.31 bits per heavy atom. The molecule has 138 valence electrons. The molecule has 0 unspecified atom stereocenters. The van der Waals surface area contributed by atoms with Gasteiger partial charge in [0.1, 0.15) is 11.6 Å². The van der Waals surface area contributed by atoms with Crippen LogP contribution in [0.3, 0.4) is 0 Å². The van der Waals surface area contributed by atoms with Crippen LogP contribution in [0.4, 0.5) is 20.2 Å². The number of hydrogen-bond acceptors (Lipinski definition) is 2. The highest BCUT2D eigenvalue weighted by Crippen LogP contribution is 2.27. The van der Waals surface area contributed by atoms with Crippen LogP contribution in [0.15, 0.2) is 36.4 Å². The van der Waals surface area contributed by atoms with Gasteiger partial charge in [0.15, 0.2) is 0 Å². The average Bonchev–Trinajstić information content (AvgIpc) is 2.51. The molecule has 0 aromatic heterocycles. The van der Waals surface area contributed by atoms with E-state index in [1.54, 1.807) is 32.9 Å². The van der Waals surface area contributed by atoms with E-state index >= 15 is 0 Å². The molecule has 0 radical (unpaired) electrons. The second kappa shape index (κ2) is 7.83. The molecule has 2 aromatic carbocycles. The first-order valence-electron chi connectivity index (χ1n) is 7.91. The van der Waals surface area contributed by atoms with Crippen LogP contribution in [-0.4, -0.2) is 11.8 Å². The monoisotopic (exact) mass is 380 g/mol. The quantitative estimate of drug-likeness (QED) is 0.801. The minimum absolute atomic E-state index is 0.0871. The van der Waals surface area contributed by atoms with Crippen LogP contribution in [0.1, 0.15) is 26.3 Å². The van der Waals surface area contributed by atoms with Gasteiger partial charge in [-0.3, -0.25) is 9.59 Å². The van der Waals surface area contributed by atoms with Crippen LogP contribution >= 0.6 is 11.6 Å². The van der Waals surface area contributed by atoms with Crippen LogP contribution in [0.5, 0.6) is 0 Å². The van der Waals surface area contributed by atoms with Crippen molar-refractivity contribution in [3.05, 3.63) is 58.6 Å². The second-order valence-electron chi connectivity index (χ2n) is 6.86. The molecule has 0 aliphatic carbocycles. The first-order chi connectivity index (χ1) is 12.1. The highest BCUT2D eigenvalue weighted by molar-refractivity contribution is 6.34. The van der Waals surface area contributed by atoms with Crippen LogP contribution in [-0.2, 0) is 16.0 Å². The lowest BCUT2D eigenvalue weighted by Crippen LogP contribution is -2.27. The first-order valence-corrected chi connectivity index (χ1v) is 8.29. The molecule has 0 aliphatic rings. The van der Waals surface area contributed by atoms with Gasteiger partial charge in [-0.15, -0.1) is 0 Å². The SMILES string of the molecule is CC(C)(C)C(=O)Nc1ccc(NC(=O)Cc2ccc(F)cc2F)cc1Cl. The van der Waals surface area contributed by atoms with Gasteiger partial charge in [0.25, 0.3) is 0 Å². The molecule has 0 saturated heterocycles. The third-order valence-electron chi connectivity index (χ3n) is 3.55. The smallest absolute Gasteiger partial charge is 0.229 e. The van der Waals surface area contributed by atoms with E-state index in [9.17, 15) is 18.4 Å². The Balaban J connectivity index is 2.05. The lowest BCUT2D eigenvalue weighted by molar-refractivity contribution is -0.123. The molecule has 26 heavy (non-hydrogen) atoms. The van der Waals surface area contributed by atoms with Gasteiger partial charge >= 0.3 is 0 Å². The summed E-state index contributed by atoms with van der Waals surface area (Å²) in [6, 6.07) is 7.67. The van der Waals surface area contributed by atoms with E-state index in [4.69, 9.17) is 11.6 Å². The van der Waals surface area contributed by atoms with Gasteiger partial charge in [0.2, 0.25) is 11.8 Å². The number of carbonyl (C=O) groups excluding carboxylic acids is 2. The fourth-order valence-electron chi connectivity index (χ4n) is 2.05. The lowest BCUT2D eigenvalue weighted by atomic mass is 9.95. The van der Waals surface area contributed by atoms with Crippen molar-refractivity contribution < 1.29 is 18.4 Å². The molecular formula is C19H19ClF2N2O2. The molecule has 0 spiro atoms. The molecule has 4 nitrogen and oxygen atoms in total. The number of rotatable bonds is 4. The highest BCUT2D eigenvalue weighted by Gasteiger charge is 2.22. The van der Waals surface area contributed by atoms with Gasteiger partial charge in [-0.2, -0.15) is 0 Å². The van der Waals surface area contributed by atoms with E-state index < -0.39 is 23.0 Å². The summed E-state index contributed by atoms with van der Waals surface area (Å²) in [6.45, 7) is 5.33. The molecule has 0 aliphatic heterocycles. The fourth-order valence-corrected chi connectivity index (χ4v) is 2.28. The number of nitrogens with one attached hydrogen (secondary N) is 2. The van der Waals surface area contributed by atoms with Gasteiger partial charge in [-0.25, -0.2) is 8.78 Å². The third-order valence-corrected chi connectivity index (χ3v) is 3.86. The Morgan fingerprint density at radius 1 is 1.04 bits per heavy atom. The normalized spacial score (nSPS) is 11.2. The van der Waals surface area contributed by atoms with E-state index in [2.05, 4.69) is 10.6 Å². The molecule has 7 heteroatoms. The average molecular weight is 381 g/mol. The Labute approximate surface area is 155 Å². The van der Waals surface area contributed by atoms with E-state index in [1.807, 2.05) is 0 Å². The van der Waals surface area contributed by atoms with Crippen LogP contribution in [0.2, 0.25) is 5.02 Å². The van der Waals surface area contributed by atoms with Crippen LogP contribution < -0.4 is 10.6 Å². The summed E-state index contributed by atoms with van der Waals surface area (Å²) in [5.74, 6) is -2.15. The van der Waals surface area contributed by atoms with Crippen molar-refractivity contribution in [3.63, 3.8) is 0 Å². The van der Waals surface area contributed by atoms with E-state index in [1.165, 1.54) is 12.1 Å². The molecule has 2 N–H and O–H groups in total. The summed E-state index contributed by atoms with van der Waals surface area (Å²) < 4.78 is 26.5. The minimum Gasteiger partial charge on any atom is -0.326 e. The summed E-state index contributed by atoms with van der Waals surface area (Å²) in [5, 5.41) is 5.56. The van der Waals surface area contributed by atoms with Crippen molar-refractivity contribution in [1.29, 1.82) is 0 Å². The van der Waals surface area contributed by atoms with E-state index in [0.717, 1.165) is 12.1 Å². The zero-order valence-electron chi connectivity index (χ0n) is 14.6. The van der Waals surface area contributed by atoms with Crippen molar-refractivity contribution in [2.75, 3.05) is 10.6 Å². The zero-order valence-corrected chi connectivity index (χ0v) is 15.4. The number of anilines is 2. The van der Waals surface area contributed by atoms with Crippen molar-refractivity contribution in [2.24, 2.45) is 5.41 Å². The molecule has 0 saturated carbocycles. The Morgan fingerprint density at radius 2 is 1.73 bits per heavy atom. The van der Waals surface area contributed by atoms with Gasteiger partial charge in [0.05, 0.1) is 17.1 Å². The number of benzene rings is 2. The van der Waals surface area contributed by atoms with Crippen molar-refractivity contribution in [3.8, 4) is 0 Å². The number of halogens is 3. The standard InChI is InChI=1S/C19H19ClF2N2O2/c1-19(2,3)18(26)24-16-7-6-13(10-14(16)20)23-17(25)8-11-4-5-12(21)9-15(11)22/h4-7,9-10H,8H2,1-3H3,(H,23,25)(H,24,26). The Bertz CT molecular complexity index is 848. The topological polar surface area (TPSA) is 58.2 Å². The lowest BCUT2D eigenvalue weighted by Gasteiger charge is -2.18. The van der Waals surface area contributed by atoms with Crippen LogP contribution in [0, 0.1) is 17.0 Å². The van der Waals surface area contributed by atoms with Gasteiger partial charge in [-0.1, -0.05) is 38.4 Å². The van der Waals surface area contributed by atoms with Crippen LogP contribution in [0.25, 0.3) is 0 Å². The van der Waals surface area contributed by atoms with Gasteiger partial charge in [-0.05, 0) is 29.8 Å².